The molecule has 21 heavy (non-hydrogen) atoms. The maximum absolute atomic E-state index is 11.6. The van der Waals surface area contributed by atoms with Crippen molar-refractivity contribution in [2.45, 2.75) is 70.7 Å². The quantitative estimate of drug-likeness (QED) is 0.454. The van der Waals surface area contributed by atoms with Crippen LogP contribution >= 0.6 is 0 Å². The summed E-state index contributed by atoms with van der Waals surface area (Å²) >= 11 is 0. The van der Waals surface area contributed by atoms with Crippen LogP contribution < -0.4 is 0 Å². The van der Waals surface area contributed by atoms with Gasteiger partial charge >= 0.3 is 11.9 Å². The Kier molecular flexibility index (Phi) is 4.45. The number of carbonyl (C=O) groups excluding carboxylic acids is 2. The van der Waals surface area contributed by atoms with E-state index in [1.165, 1.54) is 6.08 Å². The number of cyclic esters (lactones) is 2. The van der Waals surface area contributed by atoms with Crippen LogP contribution in [0.1, 0.15) is 46.5 Å². The summed E-state index contributed by atoms with van der Waals surface area (Å²) in [5.41, 5.74) is 0.561. The Morgan fingerprint density at radius 1 is 1.14 bits per heavy atom. The van der Waals surface area contributed by atoms with Gasteiger partial charge in [-0.25, -0.2) is 9.59 Å². The minimum absolute atomic E-state index is 0.156. The van der Waals surface area contributed by atoms with Gasteiger partial charge in [-0.3, -0.25) is 0 Å². The molecule has 118 valence electrons. The first-order valence-corrected chi connectivity index (χ1v) is 10.7. The van der Waals surface area contributed by atoms with Crippen LogP contribution in [0.15, 0.2) is 11.6 Å². The second-order valence-electron chi connectivity index (χ2n) is 7.66. The Balaban J connectivity index is 1.91. The highest BCUT2D eigenvalue weighted by atomic mass is 28.4. The Labute approximate surface area is 128 Å². The Bertz CT molecular complexity index is 465. The minimum atomic E-state index is -1.73. The first-order chi connectivity index (χ1) is 9.60. The van der Waals surface area contributed by atoms with Gasteiger partial charge in [-0.2, -0.15) is 0 Å². The summed E-state index contributed by atoms with van der Waals surface area (Å²) in [4.78, 5) is 22.7. The summed E-state index contributed by atoms with van der Waals surface area (Å²) in [6, 6.07) is 0. The zero-order chi connectivity index (χ0) is 15.8. The molecule has 0 radical (unpaired) electrons. The van der Waals surface area contributed by atoms with Crippen LogP contribution in [0.25, 0.3) is 0 Å². The van der Waals surface area contributed by atoms with Gasteiger partial charge in [0.25, 0.3) is 0 Å². The van der Waals surface area contributed by atoms with E-state index in [1.54, 1.807) is 0 Å². The number of hydrogen-bond donors (Lipinski definition) is 0. The minimum Gasteiger partial charge on any atom is -0.414 e. The number of carbonyl (C=O) groups is 2. The second kappa shape index (κ2) is 5.69. The molecular formula is C16H26O4Si. The molecule has 1 fully saturated rings. The molecule has 0 aromatic carbocycles. The van der Waals surface area contributed by atoms with Gasteiger partial charge in [0.05, 0.1) is 0 Å². The van der Waals surface area contributed by atoms with E-state index < -0.39 is 20.3 Å². The number of hydrogen-bond acceptors (Lipinski definition) is 4. The summed E-state index contributed by atoms with van der Waals surface area (Å²) in [6.45, 7) is 11.3. The number of ether oxygens (including phenoxy) is 1. The van der Waals surface area contributed by atoms with Crippen molar-refractivity contribution in [3.63, 3.8) is 0 Å². The van der Waals surface area contributed by atoms with Gasteiger partial charge in [0.15, 0.2) is 8.32 Å². The van der Waals surface area contributed by atoms with Crippen LogP contribution in [-0.4, -0.2) is 26.4 Å². The standard InChI is InChI=1S/C16H26O4Si/c1-16(2,3)21(4,5)20-12-8-6-11(7-9-12)13-10-14(17)19-15(13)18/h10-12H,6-9H2,1-5H3. The van der Waals surface area contributed by atoms with Crippen LogP contribution in [0.3, 0.4) is 0 Å². The largest absolute Gasteiger partial charge is 0.414 e. The zero-order valence-corrected chi connectivity index (χ0v) is 14.7. The molecule has 0 amide bonds. The van der Waals surface area contributed by atoms with E-state index >= 15 is 0 Å². The molecule has 1 aliphatic carbocycles. The average molecular weight is 310 g/mol. The van der Waals surface area contributed by atoms with E-state index in [9.17, 15) is 9.59 Å². The molecular weight excluding hydrogens is 284 g/mol. The fraction of sp³-hybridized carbons (Fsp3) is 0.750. The predicted octanol–water partition coefficient (Wildman–Crippen LogP) is 3.58. The van der Waals surface area contributed by atoms with Crippen LogP contribution in [0.4, 0.5) is 0 Å². The normalized spacial score (nSPS) is 27.6. The van der Waals surface area contributed by atoms with Crippen LogP contribution in [0, 0.1) is 5.92 Å². The molecule has 0 aromatic heterocycles. The summed E-state index contributed by atoms with van der Waals surface area (Å²) in [5, 5.41) is 0.216. The molecule has 2 rings (SSSR count). The zero-order valence-electron chi connectivity index (χ0n) is 13.7. The lowest BCUT2D eigenvalue weighted by atomic mass is 9.82. The van der Waals surface area contributed by atoms with E-state index in [2.05, 4.69) is 38.6 Å². The topological polar surface area (TPSA) is 52.6 Å². The van der Waals surface area contributed by atoms with Crippen LogP contribution in [0.2, 0.25) is 18.1 Å². The molecule has 0 spiro atoms. The first kappa shape index (κ1) is 16.4. The highest BCUT2D eigenvalue weighted by Crippen LogP contribution is 2.40. The smallest absolute Gasteiger partial charge is 0.342 e. The lowest BCUT2D eigenvalue weighted by molar-refractivity contribution is -0.151. The van der Waals surface area contributed by atoms with Gasteiger partial charge in [-0.1, -0.05) is 20.8 Å². The molecule has 4 nitrogen and oxygen atoms in total. The summed E-state index contributed by atoms with van der Waals surface area (Å²) in [6.07, 6.45) is 5.35. The maximum atomic E-state index is 11.6. The molecule has 0 bridgehead atoms. The van der Waals surface area contributed by atoms with Gasteiger partial charge < -0.3 is 9.16 Å². The SMILES string of the molecule is CC(C)(C)[Si](C)(C)OC1CCC(C2=CC(=O)OC2=O)CC1. The van der Waals surface area contributed by atoms with E-state index in [1.807, 2.05) is 0 Å². The van der Waals surface area contributed by atoms with Gasteiger partial charge in [-0.15, -0.1) is 0 Å². The fourth-order valence-corrected chi connectivity index (χ4v) is 4.16. The summed E-state index contributed by atoms with van der Waals surface area (Å²) in [5.74, 6) is -0.813. The average Bonchev–Trinajstić information content (AvgIpc) is 2.67. The molecule has 0 atom stereocenters. The van der Waals surface area contributed by atoms with E-state index in [4.69, 9.17) is 4.43 Å². The Morgan fingerprint density at radius 3 is 2.14 bits per heavy atom. The van der Waals surface area contributed by atoms with Crippen molar-refractivity contribution in [2.24, 2.45) is 5.92 Å². The Hall–Kier alpha value is -0.943. The van der Waals surface area contributed by atoms with Crippen LogP contribution in [-0.2, 0) is 18.8 Å². The van der Waals surface area contributed by atoms with Crippen molar-refractivity contribution in [1.29, 1.82) is 0 Å². The lowest BCUT2D eigenvalue weighted by Crippen LogP contribution is -2.44. The van der Waals surface area contributed by atoms with E-state index in [-0.39, 0.29) is 17.1 Å². The first-order valence-electron chi connectivity index (χ1n) is 7.76. The van der Waals surface area contributed by atoms with Crippen molar-refractivity contribution < 1.29 is 18.8 Å². The monoisotopic (exact) mass is 310 g/mol. The van der Waals surface area contributed by atoms with Crippen molar-refractivity contribution in [3.05, 3.63) is 11.6 Å². The fourth-order valence-electron chi connectivity index (χ4n) is 2.74. The molecule has 0 aromatic rings. The molecule has 1 saturated carbocycles. The molecule has 0 N–H and O–H groups in total. The highest BCUT2D eigenvalue weighted by Gasteiger charge is 2.40. The Morgan fingerprint density at radius 2 is 1.71 bits per heavy atom. The second-order valence-corrected chi connectivity index (χ2v) is 12.4. The number of rotatable bonds is 3. The third-order valence-corrected chi connectivity index (χ3v) is 9.62. The summed E-state index contributed by atoms with van der Waals surface area (Å²) < 4.78 is 11.0. The van der Waals surface area contributed by atoms with Gasteiger partial charge in [0.1, 0.15) is 0 Å². The summed E-state index contributed by atoms with van der Waals surface area (Å²) in [7, 11) is -1.73. The molecule has 2 aliphatic rings. The van der Waals surface area contributed by atoms with Crippen molar-refractivity contribution in [2.75, 3.05) is 0 Å². The lowest BCUT2D eigenvalue weighted by Gasteiger charge is -2.41. The third kappa shape index (κ3) is 3.63. The maximum Gasteiger partial charge on any atom is 0.342 e. The molecule has 0 saturated heterocycles. The molecule has 5 heteroatoms. The predicted molar refractivity (Wildman–Crippen MR) is 83.2 cm³/mol. The van der Waals surface area contributed by atoms with Crippen molar-refractivity contribution in [3.8, 4) is 0 Å². The highest BCUT2D eigenvalue weighted by molar-refractivity contribution is 6.74. The molecule has 1 heterocycles. The third-order valence-electron chi connectivity index (χ3n) is 5.08. The van der Waals surface area contributed by atoms with Crippen LogP contribution in [0.5, 0.6) is 0 Å². The van der Waals surface area contributed by atoms with Gasteiger partial charge in [-0.05, 0) is 49.7 Å². The van der Waals surface area contributed by atoms with Crippen molar-refractivity contribution >= 4 is 20.3 Å². The molecule has 0 unspecified atom stereocenters. The van der Waals surface area contributed by atoms with E-state index in [0.717, 1.165) is 25.7 Å². The molecule has 1 aliphatic heterocycles. The van der Waals surface area contributed by atoms with Gasteiger partial charge in [0.2, 0.25) is 0 Å². The van der Waals surface area contributed by atoms with E-state index in [0.29, 0.717) is 5.57 Å². The van der Waals surface area contributed by atoms with Crippen molar-refractivity contribution in [1.82, 2.24) is 0 Å². The van der Waals surface area contributed by atoms with Gasteiger partial charge in [0, 0.05) is 17.8 Å². The number of esters is 2.